The summed E-state index contributed by atoms with van der Waals surface area (Å²) in [6, 6.07) is 22.2. The molecule has 14 nitrogen and oxygen atoms in total. The average Bonchev–Trinajstić information content (AvgIpc) is 3.97. The minimum Gasteiger partial charge on any atom is -0.378 e. The summed E-state index contributed by atoms with van der Waals surface area (Å²) < 4.78 is 19.0. The number of morpholine rings is 2. The smallest absolute Gasteiger partial charge is 0.159 e. The van der Waals surface area contributed by atoms with E-state index < -0.39 is 8.07 Å². The van der Waals surface area contributed by atoms with Crippen LogP contribution >= 0.6 is 0 Å². The van der Waals surface area contributed by atoms with Crippen LogP contribution in [0.5, 0.6) is 0 Å². The van der Waals surface area contributed by atoms with Gasteiger partial charge in [-0.3, -0.25) is 4.99 Å². The topological polar surface area (TPSA) is 142 Å². The number of pyridine rings is 2. The monoisotopic (exact) mass is 901 g/mol. The van der Waals surface area contributed by atoms with Gasteiger partial charge in [-0.1, -0.05) is 45.6 Å². The molecule has 0 radical (unpaired) electrons. The molecule has 0 N–H and O–H groups in total. The zero-order chi connectivity index (χ0) is 45.5. The lowest BCUT2D eigenvalue weighted by atomic mass is 9.98. The lowest BCUT2D eigenvalue weighted by Gasteiger charge is -2.28. The molecule has 0 spiro atoms. The molecule has 5 aromatic heterocycles. The molecule has 0 amide bonds. The van der Waals surface area contributed by atoms with Crippen molar-refractivity contribution in [1.29, 1.82) is 0 Å². The zero-order valence-corrected chi connectivity index (χ0v) is 39.8. The van der Waals surface area contributed by atoms with Gasteiger partial charge in [-0.05, 0) is 84.1 Å². The van der Waals surface area contributed by atoms with Gasteiger partial charge in [0.25, 0.3) is 0 Å². The minimum absolute atomic E-state index is 0.420. The van der Waals surface area contributed by atoms with E-state index in [1.165, 1.54) is 5.56 Å². The third kappa shape index (κ3) is 10.5. The molecular formula is C51H59N11O3Si. The molecule has 3 aliphatic heterocycles. The number of hydrogen-bond donors (Lipinski definition) is 0. The van der Waals surface area contributed by atoms with Crippen LogP contribution in [0, 0.1) is 0 Å². The first-order valence-electron chi connectivity index (χ1n) is 23.2. The molecule has 8 heterocycles. The highest BCUT2D eigenvalue weighted by Crippen LogP contribution is 2.33. The molecule has 10 rings (SSSR count). The summed E-state index contributed by atoms with van der Waals surface area (Å²) in [5.74, 6) is 3.40. The summed E-state index contributed by atoms with van der Waals surface area (Å²) >= 11 is 0. The molecule has 340 valence electrons. The van der Waals surface area contributed by atoms with E-state index in [1.54, 1.807) is 0 Å². The van der Waals surface area contributed by atoms with Crippen molar-refractivity contribution >= 4 is 36.3 Å². The molecule has 2 saturated heterocycles. The molecular weight excluding hydrogens is 843 g/mol. The van der Waals surface area contributed by atoms with Crippen LogP contribution in [0.3, 0.4) is 0 Å². The predicted octanol–water partition coefficient (Wildman–Crippen LogP) is 8.56. The Kier molecular flexibility index (Phi) is 13.9. The number of aryl methyl sites for hydroxylation is 2. The van der Waals surface area contributed by atoms with Gasteiger partial charge in [0, 0.05) is 111 Å². The predicted molar refractivity (Wildman–Crippen MR) is 264 cm³/mol. The molecule has 7 aromatic rings. The molecule has 2 aromatic carbocycles. The van der Waals surface area contributed by atoms with Gasteiger partial charge in [0.1, 0.15) is 24.1 Å². The van der Waals surface area contributed by atoms with Gasteiger partial charge in [0.15, 0.2) is 11.6 Å². The van der Waals surface area contributed by atoms with Crippen molar-refractivity contribution in [2.45, 2.75) is 65.6 Å². The fraction of sp³-hybridized carbons (Fsp3) is 0.373. The highest BCUT2D eigenvalue weighted by atomic mass is 28.3. The van der Waals surface area contributed by atoms with E-state index in [-0.39, 0.29) is 0 Å². The summed E-state index contributed by atoms with van der Waals surface area (Å²) in [6.07, 6.45) is 13.2. The maximum absolute atomic E-state index is 6.09. The fourth-order valence-corrected chi connectivity index (χ4v) is 8.92. The average molecular weight is 902 g/mol. The van der Waals surface area contributed by atoms with Crippen LogP contribution in [0.2, 0.25) is 25.7 Å². The minimum atomic E-state index is -1.16. The van der Waals surface area contributed by atoms with Gasteiger partial charge in [-0.15, -0.1) is 0 Å². The molecule has 2 fully saturated rings. The fourth-order valence-electron chi connectivity index (χ4n) is 8.16. The molecule has 0 bridgehead atoms. The first-order valence-corrected chi connectivity index (χ1v) is 26.9. The number of anilines is 2. The molecule has 0 atom stereocenters. The standard InChI is InChI=1S/C28H36N6O2Si.C23H23N5O/c1-5-21-18-30-28(31-19-21)23-6-7-25-24(16-23)27(32-34(25)20-36-14-15-37(2,3)4)22-8-9-29-26(17-22)33-10-12-35-13-11-33;1-2-16-13-26-23(27-14-16)18-3-4-19-15-25-22(20(19)11-18)17-5-6-24-21(12-17)28-7-9-29-10-8-28/h6-9,16-19H,5,10-15,20H2,1-4H3;3-6,11-14H,2,7-10,15H2,1H3. The van der Waals surface area contributed by atoms with Crippen molar-refractivity contribution in [3.8, 4) is 34.0 Å². The highest BCUT2D eigenvalue weighted by Gasteiger charge is 2.22. The molecule has 0 aliphatic carbocycles. The number of benzene rings is 2. The third-order valence-corrected chi connectivity index (χ3v) is 13.9. The van der Waals surface area contributed by atoms with Crippen LogP contribution in [-0.2, 0) is 40.3 Å². The van der Waals surface area contributed by atoms with Gasteiger partial charge < -0.3 is 24.0 Å². The van der Waals surface area contributed by atoms with E-state index in [2.05, 4.69) is 122 Å². The molecule has 66 heavy (non-hydrogen) atoms. The largest absolute Gasteiger partial charge is 0.378 e. The number of fused-ring (bicyclic) bond motifs is 2. The molecule has 15 heteroatoms. The first-order chi connectivity index (χ1) is 32.2. The quantitative estimate of drug-likeness (QED) is 0.0809. The Hall–Kier alpha value is -6.26. The second kappa shape index (κ2) is 20.5. The summed E-state index contributed by atoms with van der Waals surface area (Å²) in [6.45, 7) is 19.5. The van der Waals surface area contributed by atoms with Crippen molar-refractivity contribution < 1.29 is 14.2 Å². The number of hydrogen-bond acceptors (Lipinski definition) is 13. The van der Waals surface area contributed by atoms with Gasteiger partial charge >= 0.3 is 0 Å². The summed E-state index contributed by atoms with van der Waals surface area (Å²) in [5.41, 5.74) is 11.7. The van der Waals surface area contributed by atoms with Crippen molar-refractivity contribution in [1.82, 2.24) is 39.7 Å². The van der Waals surface area contributed by atoms with Crippen molar-refractivity contribution in [2.75, 3.05) is 69.0 Å². The molecule has 3 aliphatic rings. The van der Waals surface area contributed by atoms with Gasteiger partial charge in [-0.25, -0.2) is 34.6 Å². The van der Waals surface area contributed by atoms with Gasteiger partial charge in [0.2, 0.25) is 0 Å². The van der Waals surface area contributed by atoms with Crippen LogP contribution in [0.15, 0.2) is 103 Å². The Balaban J connectivity index is 0.000000171. The van der Waals surface area contributed by atoms with E-state index in [1.807, 2.05) is 54.0 Å². The lowest BCUT2D eigenvalue weighted by Crippen LogP contribution is -2.36. The van der Waals surface area contributed by atoms with E-state index in [0.29, 0.717) is 19.1 Å². The number of ether oxygens (including phenoxy) is 3. The van der Waals surface area contributed by atoms with Gasteiger partial charge in [-0.2, -0.15) is 5.10 Å². The Morgan fingerprint density at radius 3 is 1.77 bits per heavy atom. The Morgan fingerprint density at radius 1 is 0.621 bits per heavy atom. The Labute approximate surface area is 388 Å². The van der Waals surface area contributed by atoms with E-state index >= 15 is 0 Å². The summed E-state index contributed by atoms with van der Waals surface area (Å²) in [5, 5.41) is 6.08. The van der Waals surface area contributed by atoms with E-state index in [0.717, 1.165) is 157 Å². The van der Waals surface area contributed by atoms with Crippen molar-refractivity contribution in [3.05, 3.63) is 126 Å². The van der Waals surface area contributed by atoms with Crippen LogP contribution in [0.4, 0.5) is 11.6 Å². The summed E-state index contributed by atoms with van der Waals surface area (Å²) in [4.78, 5) is 36.9. The normalized spacial score (nSPS) is 15.1. The van der Waals surface area contributed by atoms with E-state index in [9.17, 15) is 0 Å². The Morgan fingerprint density at radius 2 is 1.18 bits per heavy atom. The van der Waals surface area contributed by atoms with Crippen LogP contribution in [0.1, 0.15) is 41.7 Å². The van der Waals surface area contributed by atoms with Crippen molar-refractivity contribution in [2.24, 2.45) is 4.99 Å². The molecule has 0 unspecified atom stereocenters. The van der Waals surface area contributed by atoms with Crippen LogP contribution in [-0.4, -0.2) is 113 Å². The number of rotatable bonds is 13. The van der Waals surface area contributed by atoms with Crippen LogP contribution < -0.4 is 9.80 Å². The SMILES string of the molecule is CCc1cnc(-c2ccc3c(c2)C(c2ccnc(N4CCOCC4)c2)=NC3)nc1.CCc1cnc(-c2ccc3c(c2)c(-c2ccnc(N4CCOCC4)c2)nn3COCC[Si](C)(C)C)nc1. The second-order valence-corrected chi connectivity index (χ2v) is 23.6. The highest BCUT2D eigenvalue weighted by molar-refractivity contribution is 6.76. The van der Waals surface area contributed by atoms with Crippen molar-refractivity contribution in [3.63, 3.8) is 0 Å². The number of aromatic nitrogens is 8. The van der Waals surface area contributed by atoms with E-state index in [4.69, 9.17) is 24.3 Å². The lowest BCUT2D eigenvalue weighted by molar-refractivity contribution is 0.0818. The number of aliphatic imine (C=N–C) groups is 1. The molecule has 0 saturated carbocycles. The maximum Gasteiger partial charge on any atom is 0.159 e. The zero-order valence-electron chi connectivity index (χ0n) is 38.8. The second-order valence-electron chi connectivity index (χ2n) is 18.0. The van der Waals surface area contributed by atoms with Gasteiger partial charge in [0.05, 0.1) is 44.2 Å². The maximum atomic E-state index is 6.09. The first kappa shape index (κ1) is 44.9. The van der Waals surface area contributed by atoms with Crippen LogP contribution in [0.25, 0.3) is 44.9 Å². The Bertz CT molecular complexity index is 2780. The number of nitrogens with zero attached hydrogens (tertiary/aromatic N) is 11. The summed E-state index contributed by atoms with van der Waals surface area (Å²) in [7, 11) is -1.16. The third-order valence-electron chi connectivity index (χ3n) is 12.2.